The molecule has 3 saturated heterocycles. The fraction of sp³-hybridized carbons (Fsp3) is 0.450. The molecule has 0 radical (unpaired) electrons. The number of methoxy groups -OCH3 is 1. The first-order valence-corrected chi connectivity index (χ1v) is 9.20. The van der Waals surface area contributed by atoms with Crippen molar-refractivity contribution in [2.45, 2.75) is 24.1 Å². The molecule has 0 spiro atoms. The summed E-state index contributed by atoms with van der Waals surface area (Å²) in [5.74, 6) is 2.27. The molecule has 1 aromatic heterocycles. The van der Waals surface area contributed by atoms with E-state index in [1.807, 2.05) is 18.3 Å². The average Bonchev–Trinajstić information content (AvgIpc) is 2.66. The third kappa shape index (κ3) is 2.62. The lowest BCUT2D eigenvalue weighted by molar-refractivity contribution is 0.0185. The molecule has 5 rings (SSSR count). The number of benzene rings is 1. The number of ether oxygens (including phenoxy) is 1. The molecule has 126 valence electrons. The number of aromatic nitrogens is 1. The Morgan fingerprint density at radius 1 is 1.42 bits per heavy atom. The van der Waals surface area contributed by atoms with Gasteiger partial charge in [-0.1, -0.05) is 6.08 Å². The molecular weight excluding hydrogens is 316 g/mol. The molecule has 4 heterocycles. The number of hydrogen-bond donors (Lipinski definition) is 1. The van der Waals surface area contributed by atoms with Crippen molar-refractivity contribution in [3.05, 3.63) is 48.7 Å². The first kappa shape index (κ1) is 16.0. The van der Waals surface area contributed by atoms with Crippen LogP contribution in [0.1, 0.15) is 23.7 Å². The number of hydrogen-bond acceptors (Lipinski definition) is 4. The number of nitrogens with zero attached hydrogens (tertiary/aromatic N) is 2. The first-order valence-electron chi connectivity index (χ1n) is 8.68. The Labute approximate surface area is 149 Å². The number of rotatable bonds is 4. The van der Waals surface area contributed by atoms with Gasteiger partial charge in [-0.2, -0.15) is 12.6 Å². The molecule has 0 amide bonds. The van der Waals surface area contributed by atoms with E-state index in [4.69, 9.17) is 17.4 Å². The summed E-state index contributed by atoms with van der Waals surface area (Å²) in [5.41, 5.74) is 2.27. The highest BCUT2D eigenvalue weighted by Crippen LogP contribution is 2.44. The lowest BCUT2D eigenvalue weighted by Crippen LogP contribution is -2.54. The number of piperidine rings is 3. The topological polar surface area (TPSA) is 25.4 Å². The summed E-state index contributed by atoms with van der Waals surface area (Å²) in [6, 6.07) is 8.68. The highest BCUT2D eigenvalue weighted by molar-refractivity contribution is 7.80. The second kappa shape index (κ2) is 6.41. The number of thiol groups is 1. The van der Waals surface area contributed by atoms with Crippen LogP contribution >= 0.6 is 12.6 Å². The van der Waals surface area contributed by atoms with Crippen molar-refractivity contribution in [3.8, 4) is 5.75 Å². The van der Waals surface area contributed by atoms with Gasteiger partial charge in [-0.15, -0.1) is 6.58 Å². The van der Waals surface area contributed by atoms with Gasteiger partial charge in [-0.25, -0.2) is 0 Å². The maximum absolute atomic E-state index is 5.41. The number of pyridine rings is 1. The van der Waals surface area contributed by atoms with Crippen molar-refractivity contribution in [3.63, 3.8) is 0 Å². The standard InChI is InChI=1S/C20H24N2OS/c1-3-13-12-22-9-7-14(13)10-19(22)20(24)16-6-8-21-18-5-4-15(23-2)11-17(16)18/h3-6,8,11,13-14,19-20,24H,1,7,9-10,12H2,2H3/t13-,14-,19-,20+/m0/s1. The summed E-state index contributed by atoms with van der Waals surface area (Å²) in [7, 11) is 1.70. The van der Waals surface area contributed by atoms with Gasteiger partial charge in [0.15, 0.2) is 0 Å². The molecule has 3 nitrogen and oxygen atoms in total. The van der Waals surface area contributed by atoms with Gasteiger partial charge in [0, 0.05) is 29.4 Å². The molecule has 3 aliphatic rings. The fourth-order valence-corrected chi connectivity index (χ4v) is 4.98. The van der Waals surface area contributed by atoms with E-state index in [1.165, 1.54) is 24.9 Å². The predicted molar refractivity (Wildman–Crippen MR) is 102 cm³/mol. The van der Waals surface area contributed by atoms with Gasteiger partial charge in [0.1, 0.15) is 5.75 Å². The van der Waals surface area contributed by atoms with Crippen LogP contribution in [0.3, 0.4) is 0 Å². The van der Waals surface area contributed by atoms with Crippen molar-refractivity contribution in [1.29, 1.82) is 0 Å². The molecule has 5 atom stereocenters. The van der Waals surface area contributed by atoms with Gasteiger partial charge in [-0.05, 0) is 61.1 Å². The Balaban J connectivity index is 1.69. The van der Waals surface area contributed by atoms with Crippen LogP contribution in [0, 0.1) is 11.8 Å². The van der Waals surface area contributed by atoms with Crippen molar-refractivity contribution >= 4 is 23.5 Å². The minimum absolute atomic E-state index is 0.191. The molecule has 3 aliphatic heterocycles. The lowest BCUT2D eigenvalue weighted by Gasteiger charge is -2.51. The second-order valence-corrected chi connectivity index (χ2v) is 7.53. The third-order valence-corrected chi connectivity index (χ3v) is 6.44. The van der Waals surface area contributed by atoms with Crippen molar-refractivity contribution in [1.82, 2.24) is 9.88 Å². The summed E-state index contributed by atoms with van der Waals surface area (Å²) < 4.78 is 5.41. The first-order chi connectivity index (χ1) is 11.7. The molecule has 1 aromatic carbocycles. The maximum Gasteiger partial charge on any atom is 0.119 e. The summed E-state index contributed by atoms with van der Waals surface area (Å²) in [4.78, 5) is 7.11. The zero-order valence-electron chi connectivity index (χ0n) is 14.1. The average molecular weight is 340 g/mol. The molecule has 0 saturated carbocycles. The molecule has 2 bridgehead atoms. The molecule has 24 heavy (non-hydrogen) atoms. The minimum Gasteiger partial charge on any atom is -0.497 e. The Bertz CT molecular complexity index is 762. The minimum atomic E-state index is 0.191. The van der Waals surface area contributed by atoms with Gasteiger partial charge < -0.3 is 4.74 Å². The highest BCUT2D eigenvalue weighted by atomic mass is 32.1. The Morgan fingerprint density at radius 3 is 3.00 bits per heavy atom. The maximum atomic E-state index is 5.41. The molecule has 4 heteroatoms. The van der Waals surface area contributed by atoms with Gasteiger partial charge in [-0.3, -0.25) is 9.88 Å². The van der Waals surface area contributed by atoms with Gasteiger partial charge in [0.05, 0.1) is 12.6 Å². The van der Waals surface area contributed by atoms with E-state index in [0.29, 0.717) is 12.0 Å². The van der Waals surface area contributed by atoms with Crippen molar-refractivity contribution < 1.29 is 4.74 Å². The Morgan fingerprint density at radius 2 is 2.29 bits per heavy atom. The smallest absolute Gasteiger partial charge is 0.119 e. The molecule has 0 N–H and O–H groups in total. The summed E-state index contributed by atoms with van der Waals surface area (Å²) in [5, 5.41) is 1.34. The van der Waals surface area contributed by atoms with Crippen LogP contribution in [0.25, 0.3) is 10.9 Å². The number of fused-ring (bicyclic) bond motifs is 4. The van der Waals surface area contributed by atoms with E-state index < -0.39 is 0 Å². The molecule has 3 fully saturated rings. The van der Waals surface area contributed by atoms with Crippen LogP contribution in [-0.2, 0) is 0 Å². The van der Waals surface area contributed by atoms with Crippen LogP contribution in [-0.4, -0.2) is 36.1 Å². The normalized spacial score (nSPS) is 30.2. The largest absolute Gasteiger partial charge is 0.497 e. The Hall–Kier alpha value is -1.52. The monoisotopic (exact) mass is 340 g/mol. The van der Waals surface area contributed by atoms with E-state index >= 15 is 0 Å². The van der Waals surface area contributed by atoms with Crippen LogP contribution in [0.5, 0.6) is 5.75 Å². The second-order valence-electron chi connectivity index (χ2n) is 6.97. The molecule has 1 unspecified atom stereocenters. The quantitative estimate of drug-likeness (QED) is 0.670. The highest BCUT2D eigenvalue weighted by Gasteiger charge is 2.41. The predicted octanol–water partition coefficient (Wildman–Crippen LogP) is 4.11. The SMILES string of the molecule is C=C[C@H]1CN2CC[C@H]1C[C@H]2[C@H](S)c1ccnc2ccc(OC)cc12. The zero-order valence-corrected chi connectivity index (χ0v) is 15.0. The Kier molecular flexibility index (Phi) is 4.27. The summed E-state index contributed by atoms with van der Waals surface area (Å²) in [6.07, 6.45) is 6.54. The zero-order chi connectivity index (χ0) is 16.7. The molecule has 0 aliphatic carbocycles. The molecule has 2 aromatic rings. The summed E-state index contributed by atoms with van der Waals surface area (Å²) >= 11 is 5.06. The van der Waals surface area contributed by atoms with Gasteiger partial charge in [0.2, 0.25) is 0 Å². The van der Waals surface area contributed by atoms with Crippen LogP contribution in [0.15, 0.2) is 43.1 Å². The van der Waals surface area contributed by atoms with Crippen molar-refractivity contribution in [2.24, 2.45) is 11.8 Å². The van der Waals surface area contributed by atoms with Crippen LogP contribution in [0.4, 0.5) is 0 Å². The van der Waals surface area contributed by atoms with E-state index in [1.54, 1.807) is 7.11 Å². The van der Waals surface area contributed by atoms with E-state index in [9.17, 15) is 0 Å². The van der Waals surface area contributed by atoms with E-state index in [0.717, 1.165) is 29.1 Å². The van der Waals surface area contributed by atoms with E-state index in [2.05, 4.69) is 34.7 Å². The van der Waals surface area contributed by atoms with Crippen LogP contribution < -0.4 is 4.74 Å². The summed E-state index contributed by atoms with van der Waals surface area (Å²) in [6.45, 7) is 6.33. The van der Waals surface area contributed by atoms with Crippen LogP contribution in [0.2, 0.25) is 0 Å². The molecular formula is C20H24N2OS. The fourth-order valence-electron chi connectivity index (χ4n) is 4.44. The van der Waals surface area contributed by atoms with Crippen molar-refractivity contribution in [2.75, 3.05) is 20.2 Å². The van der Waals surface area contributed by atoms with E-state index in [-0.39, 0.29) is 5.25 Å². The third-order valence-electron chi connectivity index (χ3n) is 5.82. The lowest BCUT2D eigenvalue weighted by atomic mass is 9.74. The van der Waals surface area contributed by atoms with Gasteiger partial charge in [0.25, 0.3) is 0 Å². The van der Waals surface area contributed by atoms with Gasteiger partial charge >= 0.3 is 0 Å².